The summed E-state index contributed by atoms with van der Waals surface area (Å²) >= 11 is 0. The largest absolute Gasteiger partial charge is 0.463 e. The molecular formula is C15H22F3N3O. The number of amidine groups is 1. The number of hydrogen-bond donors (Lipinski definition) is 1. The highest BCUT2D eigenvalue weighted by atomic mass is 19.4. The Morgan fingerprint density at radius 2 is 1.91 bits per heavy atom. The van der Waals surface area contributed by atoms with Gasteiger partial charge in [-0.3, -0.25) is 0 Å². The number of nitrogens with two attached hydrogens (primary N) is 1. The van der Waals surface area contributed by atoms with Crippen LogP contribution in [0.5, 0.6) is 0 Å². The molecule has 1 atom stereocenters. The molecule has 1 heterocycles. The van der Waals surface area contributed by atoms with Crippen LogP contribution in [0.25, 0.3) is 0 Å². The Morgan fingerprint density at radius 1 is 1.32 bits per heavy atom. The molecule has 1 aromatic rings. The number of benzene rings is 1. The smallest absolute Gasteiger partial charge is 0.416 e. The lowest BCUT2D eigenvalue weighted by molar-refractivity contribution is -0.137. The van der Waals surface area contributed by atoms with Gasteiger partial charge in [0, 0.05) is 18.3 Å². The van der Waals surface area contributed by atoms with Crippen molar-refractivity contribution in [2.75, 3.05) is 18.1 Å². The second-order valence-corrected chi connectivity index (χ2v) is 5.22. The fourth-order valence-corrected chi connectivity index (χ4v) is 2.21. The first kappa shape index (κ1) is 18.1. The highest BCUT2D eigenvalue weighted by molar-refractivity contribution is 5.73. The van der Waals surface area contributed by atoms with Gasteiger partial charge in [-0.2, -0.15) is 13.2 Å². The molecule has 0 amide bonds. The number of nitrogens with zero attached hydrogens (tertiary/aromatic N) is 2. The Balaban J connectivity index is 0.00000242. The van der Waals surface area contributed by atoms with Crippen LogP contribution in [0.1, 0.15) is 26.8 Å². The highest BCUT2D eigenvalue weighted by Crippen LogP contribution is 2.31. The van der Waals surface area contributed by atoms with Crippen LogP contribution >= 0.6 is 0 Å². The first-order chi connectivity index (χ1) is 9.77. The topological polar surface area (TPSA) is 50.9 Å². The maximum Gasteiger partial charge on any atom is 0.416 e. The third kappa shape index (κ3) is 4.29. The van der Waals surface area contributed by atoms with Crippen molar-refractivity contribution >= 4 is 11.7 Å². The van der Waals surface area contributed by atoms with E-state index in [4.69, 9.17) is 10.5 Å². The van der Waals surface area contributed by atoms with Crippen molar-refractivity contribution in [2.24, 2.45) is 10.7 Å². The van der Waals surface area contributed by atoms with Gasteiger partial charge >= 0.3 is 6.18 Å². The number of rotatable bonds is 4. The number of anilines is 1. The van der Waals surface area contributed by atoms with E-state index in [1.54, 1.807) is 0 Å². The zero-order chi connectivity index (χ0) is 15.6. The molecule has 22 heavy (non-hydrogen) atoms. The molecule has 2 N–H and O–H groups in total. The molecule has 0 aromatic heterocycles. The number of alkyl halides is 3. The first-order valence-electron chi connectivity index (χ1n) is 6.67. The van der Waals surface area contributed by atoms with Crippen LogP contribution in [0, 0.1) is 0 Å². The van der Waals surface area contributed by atoms with Crippen LogP contribution in [-0.4, -0.2) is 31.3 Å². The zero-order valence-corrected chi connectivity index (χ0v) is 11.9. The van der Waals surface area contributed by atoms with Crippen molar-refractivity contribution in [1.29, 1.82) is 0 Å². The molecule has 2 rings (SSSR count). The molecule has 1 aromatic carbocycles. The van der Waals surface area contributed by atoms with Gasteiger partial charge in [0.25, 0.3) is 6.02 Å². The van der Waals surface area contributed by atoms with Gasteiger partial charge in [0.05, 0.1) is 5.56 Å². The summed E-state index contributed by atoms with van der Waals surface area (Å²) in [6, 6.07) is 5.32. The molecule has 0 saturated heterocycles. The highest BCUT2D eigenvalue weighted by Gasteiger charge is 2.30. The lowest BCUT2D eigenvalue weighted by atomic mass is 10.1. The Labute approximate surface area is 128 Å². The predicted octanol–water partition coefficient (Wildman–Crippen LogP) is 3.27. The summed E-state index contributed by atoms with van der Waals surface area (Å²) in [7, 11) is 0. The van der Waals surface area contributed by atoms with Crippen LogP contribution in [-0.2, 0) is 10.9 Å². The van der Waals surface area contributed by atoms with E-state index < -0.39 is 11.7 Å². The minimum atomic E-state index is -4.32. The van der Waals surface area contributed by atoms with E-state index in [1.807, 2.05) is 18.7 Å². The summed E-state index contributed by atoms with van der Waals surface area (Å²) in [5.74, 6) is 0. The van der Waals surface area contributed by atoms with E-state index in [2.05, 4.69) is 4.99 Å². The van der Waals surface area contributed by atoms with Crippen molar-refractivity contribution in [3.63, 3.8) is 0 Å². The second kappa shape index (κ2) is 6.89. The van der Waals surface area contributed by atoms with Gasteiger partial charge in [-0.25, -0.2) is 4.99 Å². The Morgan fingerprint density at radius 3 is 2.32 bits per heavy atom. The average Bonchev–Trinajstić information content (AvgIpc) is 2.80. The summed E-state index contributed by atoms with van der Waals surface area (Å²) in [4.78, 5) is 6.13. The molecule has 1 aliphatic rings. The minimum absolute atomic E-state index is 0. The molecule has 0 unspecified atom stereocenters. The van der Waals surface area contributed by atoms with E-state index >= 15 is 0 Å². The van der Waals surface area contributed by atoms with Crippen molar-refractivity contribution in [3.8, 4) is 0 Å². The third-order valence-electron chi connectivity index (χ3n) is 3.29. The van der Waals surface area contributed by atoms with Gasteiger partial charge in [0.1, 0.15) is 12.6 Å². The van der Waals surface area contributed by atoms with E-state index in [0.717, 1.165) is 17.8 Å². The van der Waals surface area contributed by atoms with Crippen LogP contribution < -0.4 is 10.6 Å². The Bertz CT molecular complexity index is 512. The fraction of sp³-hybridized carbons (Fsp3) is 0.533. The second-order valence-electron chi connectivity index (χ2n) is 5.22. The molecular weight excluding hydrogens is 295 g/mol. The van der Waals surface area contributed by atoms with E-state index in [9.17, 15) is 13.2 Å². The van der Waals surface area contributed by atoms with Crippen molar-refractivity contribution in [1.82, 2.24) is 0 Å². The Hall–Kier alpha value is -1.92. The van der Waals surface area contributed by atoms with Gasteiger partial charge in [0.2, 0.25) is 0 Å². The molecule has 124 valence electrons. The van der Waals surface area contributed by atoms with Crippen molar-refractivity contribution in [3.05, 3.63) is 29.8 Å². The monoisotopic (exact) mass is 317 g/mol. The lowest BCUT2D eigenvalue weighted by Gasteiger charge is -2.30. The molecule has 0 fully saturated rings. The number of halogens is 3. The fourth-order valence-electron chi connectivity index (χ4n) is 2.21. The normalized spacial score (nSPS) is 17.7. The lowest BCUT2D eigenvalue weighted by Crippen LogP contribution is -2.37. The third-order valence-corrected chi connectivity index (χ3v) is 3.29. The number of hydrogen-bond acceptors (Lipinski definition) is 4. The average molecular weight is 317 g/mol. The predicted molar refractivity (Wildman–Crippen MR) is 82.0 cm³/mol. The van der Waals surface area contributed by atoms with Crippen molar-refractivity contribution in [2.45, 2.75) is 39.5 Å². The molecule has 4 nitrogen and oxygen atoms in total. The molecule has 0 bridgehead atoms. The summed E-state index contributed by atoms with van der Waals surface area (Å²) in [6.07, 6.45) is -4.32. The molecule has 0 radical (unpaired) electrons. The molecule has 7 heteroatoms. The quantitative estimate of drug-likeness (QED) is 0.927. The van der Waals surface area contributed by atoms with Crippen molar-refractivity contribution < 1.29 is 17.9 Å². The summed E-state index contributed by atoms with van der Waals surface area (Å²) in [5.41, 5.74) is 5.54. The summed E-state index contributed by atoms with van der Waals surface area (Å²) in [5, 5.41) is 0. The molecule has 0 aliphatic carbocycles. The summed E-state index contributed by atoms with van der Waals surface area (Å²) in [6.45, 7) is 4.89. The maximum atomic E-state index is 12.6. The standard InChI is InChI=1S/C14H18F3N3O.CH4/c1-9(2)20(7-11-8-21-13(18)19-11)12-5-3-10(4-6-12)14(15,16)17;/h3-6,9,11H,7-8H2,1-2H3,(H2,18,19);1H4/t11-;/m1./s1. The van der Waals surface area contributed by atoms with E-state index in [-0.39, 0.29) is 25.5 Å². The van der Waals surface area contributed by atoms with Crippen LogP contribution in [0.4, 0.5) is 18.9 Å². The molecule has 1 aliphatic heterocycles. The molecule has 0 saturated carbocycles. The van der Waals surface area contributed by atoms with Crippen LogP contribution in [0.15, 0.2) is 29.3 Å². The van der Waals surface area contributed by atoms with E-state index in [1.165, 1.54) is 12.1 Å². The Kier molecular flexibility index (Phi) is 5.68. The van der Waals surface area contributed by atoms with Gasteiger partial charge in [0.15, 0.2) is 0 Å². The van der Waals surface area contributed by atoms with Crippen LogP contribution in [0.3, 0.4) is 0 Å². The summed E-state index contributed by atoms with van der Waals surface area (Å²) < 4.78 is 42.9. The van der Waals surface area contributed by atoms with Crippen LogP contribution in [0.2, 0.25) is 0 Å². The SMILES string of the molecule is C.CC(C)N(C[C@@H]1COC(N)=N1)c1ccc(C(F)(F)F)cc1. The first-order valence-corrected chi connectivity index (χ1v) is 6.67. The minimum Gasteiger partial charge on any atom is -0.463 e. The van der Waals surface area contributed by atoms with Gasteiger partial charge in [-0.05, 0) is 38.1 Å². The van der Waals surface area contributed by atoms with Gasteiger partial charge < -0.3 is 15.4 Å². The van der Waals surface area contributed by atoms with E-state index in [0.29, 0.717) is 13.2 Å². The van der Waals surface area contributed by atoms with Gasteiger partial charge in [-0.15, -0.1) is 0 Å². The number of aliphatic imine (C=N–C) groups is 1. The van der Waals surface area contributed by atoms with Gasteiger partial charge in [-0.1, -0.05) is 7.43 Å². The maximum absolute atomic E-state index is 12.6. The molecule has 0 spiro atoms. The zero-order valence-electron chi connectivity index (χ0n) is 11.9. The number of ether oxygens (including phenoxy) is 1.